The molecule has 0 amide bonds. The van der Waals surface area contributed by atoms with Gasteiger partial charge in [0.2, 0.25) is 0 Å². The lowest BCUT2D eigenvalue weighted by Gasteiger charge is -2.02. The van der Waals surface area contributed by atoms with Crippen molar-refractivity contribution in [3.8, 4) is 0 Å². The predicted molar refractivity (Wildman–Crippen MR) is 125 cm³/mol. The summed E-state index contributed by atoms with van der Waals surface area (Å²) < 4.78 is 5.78. The molecule has 148 valence electrons. The number of rotatable bonds is 6. The Labute approximate surface area is 175 Å². The lowest BCUT2D eigenvalue weighted by Crippen LogP contribution is -2.10. The van der Waals surface area contributed by atoms with Gasteiger partial charge in [0, 0.05) is 16.7 Å². The van der Waals surface area contributed by atoms with Gasteiger partial charge in [0.15, 0.2) is 0 Å². The second-order valence-electron chi connectivity index (χ2n) is 7.35. The smallest absolute Gasteiger partial charge is 0.134 e. The summed E-state index contributed by atoms with van der Waals surface area (Å²) in [7, 11) is 0. The second-order valence-corrected chi connectivity index (χ2v) is 7.35. The lowest BCUT2D eigenvalue weighted by atomic mass is 10.0. The maximum absolute atomic E-state index is 7.77. The molecule has 0 saturated carbocycles. The third kappa shape index (κ3) is 4.23. The van der Waals surface area contributed by atoms with Gasteiger partial charge in [0.05, 0.1) is 0 Å². The van der Waals surface area contributed by atoms with Gasteiger partial charge in [0.1, 0.15) is 17.2 Å². The number of hydrogen-bond donors (Lipinski definition) is 3. The van der Waals surface area contributed by atoms with Crippen LogP contribution in [-0.2, 0) is 6.42 Å². The maximum Gasteiger partial charge on any atom is 0.134 e. The Balaban J connectivity index is 1.38. The first-order chi connectivity index (χ1) is 14.5. The van der Waals surface area contributed by atoms with Gasteiger partial charge in [-0.2, -0.15) is 0 Å². The van der Waals surface area contributed by atoms with Crippen LogP contribution in [0.3, 0.4) is 0 Å². The number of allylic oxidation sites excluding steroid dienone is 6. The Hall–Kier alpha value is -3.92. The van der Waals surface area contributed by atoms with E-state index < -0.39 is 0 Å². The van der Waals surface area contributed by atoms with Crippen molar-refractivity contribution in [2.75, 3.05) is 0 Å². The zero-order valence-corrected chi connectivity index (χ0v) is 16.8. The number of fused-ring (bicyclic) bond motifs is 2. The molecule has 0 spiro atoms. The number of benzene rings is 2. The van der Waals surface area contributed by atoms with E-state index in [0.717, 1.165) is 28.7 Å². The molecule has 0 aliphatic heterocycles. The second kappa shape index (κ2) is 8.21. The van der Waals surface area contributed by atoms with Crippen LogP contribution in [0.4, 0.5) is 0 Å². The average molecular weight is 393 g/mol. The molecule has 1 aliphatic carbocycles. The van der Waals surface area contributed by atoms with E-state index in [1.807, 2.05) is 61.6 Å². The van der Waals surface area contributed by atoms with E-state index in [1.54, 1.807) is 6.07 Å². The highest BCUT2D eigenvalue weighted by atomic mass is 16.3. The van der Waals surface area contributed by atoms with E-state index in [9.17, 15) is 0 Å². The quantitative estimate of drug-likeness (QED) is 0.278. The molecule has 4 N–H and O–H groups in total. The highest BCUT2D eigenvalue weighted by Gasteiger charge is 2.11. The van der Waals surface area contributed by atoms with Crippen molar-refractivity contribution >= 4 is 34.7 Å². The molecule has 3 aromatic rings. The third-order valence-electron chi connectivity index (χ3n) is 5.06. The fourth-order valence-corrected chi connectivity index (χ4v) is 3.47. The lowest BCUT2D eigenvalue weighted by molar-refractivity contribution is 0.604. The minimum atomic E-state index is 0.0515. The molecule has 2 aromatic carbocycles. The molecule has 0 fully saturated rings. The molecule has 4 rings (SSSR count). The van der Waals surface area contributed by atoms with Crippen LogP contribution in [0, 0.1) is 10.8 Å². The van der Waals surface area contributed by atoms with E-state index in [1.165, 1.54) is 16.7 Å². The number of hydrogen-bond acceptors (Lipinski definition) is 3. The Morgan fingerprint density at radius 3 is 2.47 bits per heavy atom. The molecule has 1 aromatic heterocycles. The maximum atomic E-state index is 7.77. The van der Waals surface area contributed by atoms with Crippen molar-refractivity contribution in [2.24, 2.45) is 5.73 Å². The number of nitrogen functional groups attached to an aromatic ring is 1. The zero-order valence-electron chi connectivity index (χ0n) is 16.8. The molecule has 0 bridgehead atoms. The van der Waals surface area contributed by atoms with E-state index >= 15 is 0 Å². The monoisotopic (exact) mass is 393 g/mol. The van der Waals surface area contributed by atoms with Crippen molar-refractivity contribution in [3.63, 3.8) is 0 Å². The van der Waals surface area contributed by atoms with Crippen LogP contribution in [0.2, 0.25) is 0 Å². The normalized spacial score (nSPS) is 13.6. The van der Waals surface area contributed by atoms with Crippen LogP contribution in [0.1, 0.15) is 34.9 Å². The fourth-order valence-electron chi connectivity index (χ4n) is 3.47. The highest BCUT2D eigenvalue weighted by molar-refractivity contribution is 5.98. The fraction of sp³-hybridized carbons (Fsp3) is 0.0769. The Bertz CT molecular complexity index is 1270. The largest absolute Gasteiger partial charge is 0.457 e. The van der Waals surface area contributed by atoms with Gasteiger partial charge in [-0.05, 0) is 72.0 Å². The molecule has 0 unspecified atom stereocenters. The Morgan fingerprint density at radius 1 is 0.933 bits per heavy atom. The summed E-state index contributed by atoms with van der Waals surface area (Å²) >= 11 is 0. The van der Waals surface area contributed by atoms with Crippen molar-refractivity contribution in [2.45, 2.75) is 13.3 Å². The third-order valence-corrected chi connectivity index (χ3v) is 5.06. The molecule has 4 heteroatoms. The molecule has 30 heavy (non-hydrogen) atoms. The topological polar surface area (TPSA) is 86.9 Å². The predicted octanol–water partition coefficient (Wildman–Crippen LogP) is 5.87. The highest BCUT2D eigenvalue weighted by Crippen LogP contribution is 2.27. The van der Waals surface area contributed by atoms with Crippen molar-refractivity contribution in [3.05, 3.63) is 106 Å². The molecule has 0 radical (unpaired) electrons. The first-order valence-electron chi connectivity index (χ1n) is 9.78. The van der Waals surface area contributed by atoms with Gasteiger partial charge in [-0.25, -0.2) is 0 Å². The van der Waals surface area contributed by atoms with Crippen molar-refractivity contribution in [1.29, 1.82) is 10.8 Å². The van der Waals surface area contributed by atoms with Gasteiger partial charge < -0.3 is 15.6 Å². The van der Waals surface area contributed by atoms with Crippen LogP contribution in [0.5, 0.6) is 0 Å². The SMILES string of the molecule is CC(=N)c1ccc2c(c1)C=C(/C=C/C=C/C=C/c1cc3cc(C(=N)N)ccc3o1)C2. The Morgan fingerprint density at radius 2 is 1.70 bits per heavy atom. The molecular formula is C26H23N3O. The van der Waals surface area contributed by atoms with Gasteiger partial charge in [-0.3, -0.25) is 5.41 Å². The zero-order chi connectivity index (χ0) is 21.1. The van der Waals surface area contributed by atoms with Crippen LogP contribution < -0.4 is 5.73 Å². The van der Waals surface area contributed by atoms with Gasteiger partial charge >= 0.3 is 0 Å². The summed E-state index contributed by atoms with van der Waals surface area (Å²) in [6.45, 7) is 1.81. The summed E-state index contributed by atoms with van der Waals surface area (Å²) in [5.74, 6) is 0.807. The first-order valence-corrected chi connectivity index (χ1v) is 9.78. The molecule has 0 atom stereocenters. The van der Waals surface area contributed by atoms with E-state index in [0.29, 0.717) is 11.3 Å². The van der Waals surface area contributed by atoms with Gasteiger partial charge in [-0.15, -0.1) is 0 Å². The standard InChI is InChI=1S/C26H23N3O/c1-17(27)19-8-9-20-12-18(13-22(20)14-19)6-4-2-3-5-7-24-16-23-15-21(26(28)29)10-11-25(23)30-24/h2-11,13-16,27H,12H2,1H3,(H3,28,29)/b3-2+,6-4+,7-5+,27-17?. The summed E-state index contributed by atoms with van der Waals surface area (Å²) in [6, 6.07) is 13.6. The number of nitrogens with two attached hydrogens (primary N) is 1. The first kappa shape index (κ1) is 19.4. The molecule has 1 heterocycles. The minimum Gasteiger partial charge on any atom is -0.457 e. The van der Waals surface area contributed by atoms with E-state index in [-0.39, 0.29) is 5.84 Å². The van der Waals surface area contributed by atoms with Crippen molar-refractivity contribution < 1.29 is 4.42 Å². The van der Waals surface area contributed by atoms with Crippen LogP contribution in [0.15, 0.2) is 82.8 Å². The van der Waals surface area contributed by atoms with Crippen LogP contribution in [0.25, 0.3) is 23.1 Å². The summed E-state index contributed by atoms with van der Waals surface area (Å²) in [5.41, 5.74) is 12.3. The van der Waals surface area contributed by atoms with Gasteiger partial charge in [0.25, 0.3) is 0 Å². The summed E-state index contributed by atoms with van der Waals surface area (Å²) in [6.07, 6.45) is 15.1. The van der Waals surface area contributed by atoms with E-state index in [4.69, 9.17) is 21.0 Å². The molecule has 1 aliphatic rings. The van der Waals surface area contributed by atoms with Crippen LogP contribution >= 0.6 is 0 Å². The van der Waals surface area contributed by atoms with Crippen LogP contribution in [-0.4, -0.2) is 11.5 Å². The molecular weight excluding hydrogens is 370 g/mol. The molecule has 0 saturated heterocycles. The summed E-state index contributed by atoms with van der Waals surface area (Å²) in [5, 5.41) is 16.2. The van der Waals surface area contributed by atoms with Gasteiger partial charge in [-0.1, -0.05) is 48.6 Å². The molecule has 4 nitrogen and oxygen atoms in total. The number of amidine groups is 1. The average Bonchev–Trinajstić information content (AvgIpc) is 3.32. The number of nitrogens with one attached hydrogen (secondary N) is 2. The summed E-state index contributed by atoms with van der Waals surface area (Å²) in [4.78, 5) is 0. The Kier molecular flexibility index (Phi) is 5.31. The number of furan rings is 1. The minimum absolute atomic E-state index is 0.0515. The van der Waals surface area contributed by atoms with E-state index in [2.05, 4.69) is 24.3 Å². The van der Waals surface area contributed by atoms with Crippen molar-refractivity contribution in [1.82, 2.24) is 0 Å².